The molecule has 2 heterocycles. The summed E-state index contributed by atoms with van der Waals surface area (Å²) in [4.78, 5) is 27.2. The summed E-state index contributed by atoms with van der Waals surface area (Å²) in [6, 6.07) is 9.77. The maximum atomic E-state index is 12.6. The van der Waals surface area contributed by atoms with Crippen molar-refractivity contribution in [1.82, 2.24) is 0 Å². The molecule has 0 saturated heterocycles. The summed E-state index contributed by atoms with van der Waals surface area (Å²) < 4.78 is 5.12. The maximum absolute atomic E-state index is 12.6. The van der Waals surface area contributed by atoms with Gasteiger partial charge in [-0.2, -0.15) is 11.3 Å². The molecular formula is C19H19NO3S2. The largest absolute Gasteiger partial charge is 0.452 e. The van der Waals surface area contributed by atoms with E-state index >= 15 is 0 Å². The Labute approximate surface area is 155 Å². The number of thiophene rings is 1. The second-order valence-corrected chi connectivity index (χ2v) is 7.99. The van der Waals surface area contributed by atoms with Crippen LogP contribution in [0.4, 0.5) is 5.69 Å². The molecule has 6 heteroatoms. The minimum atomic E-state index is -0.509. The summed E-state index contributed by atoms with van der Waals surface area (Å²) in [6.07, 6.45) is 3.93. The van der Waals surface area contributed by atoms with E-state index in [1.54, 1.807) is 34.1 Å². The van der Waals surface area contributed by atoms with E-state index < -0.39 is 5.97 Å². The second kappa shape index (κ2) is 8.36. The zero-order valence-corrected chi connectivity index (χ0v) is 15.5. The van der Waals surface area contributed by atoms with Crippen LogP contribution in [0.25, 0.3) is 6.08 Å². The van der Waals surface area contributed by atoms with E-state index in [1.165, 1.54) is 6.08 Å². The molecule has 0 aliphatic carbocycles. The average molecular weight is 373 g/mol. The van der Waals surface area contributed by atoms with E-state index in [1.807, 2.05) is 41.1 Å². The highest BCUT2D eigenvalue weighted by atomic mass is 32.2. The summed E-state index contributed by atoms with van der Waals surface area (Å²) in [5.74, 6) is -0.704. The number of anilines is 1. The molecule has 1 aromatic carbocycles. The third kappa shape index (κ3) is 4.74. The van der Waals surface area contributed by atoms with Gasteiger partial charge in [-0.15, -0.1) is 11.8 Å². The van der Waals surface area contributed by atoms with Crippen molar-refractivity contribution < 1.29 is 14.3 Å². The smallest absolute Gasteiger partial charge is 0.331 e. The molecule has 4 nitrogen and oxygen atoms in total. The first-order chi connectivity index (χ1) is 12.1. The number of carbonyl (C=O) groups excluding carboxylic acids is 2. The lowest BCUT2D eigenvalue weighted by Gasteiger charge is -2.22. The first-order valence-electron chi connectivity index (χ1n) is 8.06. The van der Waals surface area contributed by atoms with Crippen LogP contribution in [-0.2, 0) is 14.3 Å². The highest BCUT2D eigenvalue weighted by molar-refractivity contribution is 8.00. The van der Waals surface area contributed by atoms with Gasteiger partial charge in [-0.1, -0.05) is 19.1 Å². The van der Waals surface area contributed by atoms with Gasteiger partial charge in [0, 0.05) is 22.8 Å². The van der Waals surface area contributed by atoms with Crippen molar-refractivity contribution in [3.63, 3.8) is 0 Å². The summed E-state index contributed by atoms with van der Waals surface area (Å²) >= 11 is 3.33. The monoisotopic (exact) mass is 373 g/mol. The number of ether oxygens (including phenoxy) is 1. The Morgan fingerprint density at radius 3 is 2.96 bits per heavy atom. The van der Waals surface area contributed by atoms with Gasteiger partial charge in [0.1, 0.15) is 0 Å². The minimum Gasteiger partial charge on any atom is -0.452 e. The lowest BCUT2D eigenvalue weighted by atomic mass is 10.2. The number of esters is 1. The van der Waals surface area contributed by atoms with E-state index in [0.29, 0.717) is 11.8 Å². The Balaban J connectivity index is 1.62. The van der Waals surface area contributed by atoms with Crippen LogP contribution in [0.5, 0.6) is 0 Å². The average Bonchev–Trinajstić information content (AvgIpc) is 3.07. The van der Waals surface area contributed by atoms with Crippen molar-refractivity contribution in [2.75, 3.05) is 18.1 Å². The van der Waals surface area contributed by atoms with Gasteiger partial charge >= 0.3 is 5.97 Å². The molecule has 1 aliphatic heterocycles. The molecule has 3 rings (SSSR count). The fraction of sp³-hybridized carbons (Fsp3) is 0.263. The standard InChI is InChI=1S/C19H19NO3S2/c1-14-8-10-20(16-4-2-3-5-17(16)25-14)18(21)12-23-19(22)7-6-15-9-11-24-13-15/h2-7,9,11,13-14H,8,10,12H2,1H3/b7-6+/t14-/m1/s1. The third-order valence-corrected chi connectivity index (χ3v) is 5.78. The number of hydrogen-bond donors (Lipinski definition) is 0. The van der Waals surface area contributed by atoms with Gasteiger partial charge in [0.15, 0.2) is 6.61 Å². The molecule has 25 heavy (non-hydrogen) atoms. The van der Waals surface area contributed by atoms with Crippen LogP contribution in [0, 0.1) is 0 Å². The van der Waals surface area contributed by atoms with E-state index in [-0.39, 0.29) is 12.5 Å². The lowest BCUT2D eigenvalue weighted by Crippen LogP contribution is -2.35. The number of carbonyl (C=O) groups is 2. The number of fused-ring (bicyclic) bond motifs is 1. The van der Waals surface area contributed by atoms with Crippen molar-refractivity contribution in [3.05, 3.63) is 52.7 Å². The van der Waals surface area contributed by atoms with Gasteiger partial charge in [0.25, 0.3) is 5.91 Å². The van der Waals surface area contributed by atoms with E-state index in [4.69, 9.17) is 4.74 Å². The number of rotatable bonds is 4. The quantitative estimate of drug-likeness (QED) is 0.595. The highest BCUT2D eigenvalue weighted by Gasteiger charge is 2.24. The molecule has 1 aromatic heterocycles. The minimum absolute atomic E-state index is 0.195. The SMILES string of the molecule is C[C@@H]1CCN(C(=O)COC(=O)/C=C/c2ccsc2)c2ccccc2S1. The van der Waals surface area contributed by atoms with E-state index in [2.05, 4.69) is 6.92 Å². The Morgan fingerprint density at radius 2 is 2.16 bits per heavy atom. The van der Waals surface area contributed by atoms with Crippen LogP contribution >= 0.6 is 23.1 Å². The molecule has 0 fully saturated rings. The molecule has 0 spiro atoms. The summed E-state index contributed by atoms with van der Waals surface area (Å²) in [7, 11) is 0. The van der Waals surface area contributed by atoms with Crippen molar-refractivity contribution in [2.24, 2.45) is 0 Å². The van der Waals surface area contributed by atoms with Crippen LogP contribution < -0.4 is 4.90 Å². The molecule has 1 atom stereocenters. The zero-order chi connectivity index (χ0) is 17.6. The number of amides is 1. The van der Waals surface area contributed by atoms with E-state index in [0.717, 1.165) is 22.6 Å². The van der Waals surface area contributed by atoms with Gasteiger partial charge in [-0.05, 0) is 47.0 Å². The third-order valence-electron chi connectivity index (χ3n) is 3.84. The molecule has 0 bridgehead atoms. The number of nitrogens with zero attached hydrogens (tertiary/aromatic N) is 1. The first kappa shape index (κ1) is 17.8. The van der Waals surface area contributed by atoms with Gasteiger partial charge in [-0.25, -0.2) is 4.79 Å². The molecule has 0 radical (unpaired) electrons. The van der Waals surface area contributed by atoms with Crippen molar-refractivity contribution in [1.29, 1.82) is 0 Å². The number of thioether (sulfide) groups is 1. The molecule has 2 aromatic rings. The van der Waals surface area contributed by atoms with E-state index in [9.17, 15) is 9.59 Å². The lowest BCUT2D eigenvalue weighted by molar-refractivity contribution is -0.142. The van der Waals surface area contributed by atoms with Crippen LogP contribution in [0.3, 0.4) is 0 Å². The molecule has 1 amide bonds. The number of para-hydroxylation sites is 1. The Morgan fingerprint density at radius 1 is 1.32 bits per heavy atom. The number of hydrogen-bond acceptors (Lipinski definition) is 5. The van der Waals surface area contributed by atoms with Crippen LogP contribution in [0.2, 0.25) is 0 Å². The summed E-state index contributed by atoms with van der Waals surface area (Å²) in [6.45, 7) is 2.54. The predicted octanol–water partition coefficient (Wildman–Crippen LogP) is 4.22. The summed E-state index contributed by atoms with van der Waals surface area (Å²) in [5, 5.41) is 4.31. The van der Waals surface area contributed by atoms with Crippen LogP contribution in [0.15, 0.2) is 52.1 Å². The Kier molecular flexibility index (Phi) is 5.94. The van der Waals surface area contributed by atoms with Crippen molar-refractivity contribution in [3.8, 4) is 0 Å². The molecule has 1 aliphatic rings. The zero-order valence-electron chi connectivity index (χ0n) is 13.9. The van der Waals surface area contributed by atoms with Gasteiger partial charge in [-0.3, -0.25) is 4.79 Å². The topological polar surface area (TPSA) is 46.6 Å². The maximum Gasteiger partial charge on any atom is 0.331 e. The van der Waals surface area contributed by atoms with Gasteiger partial charge in [0.05, 0.1) is 5.69 Å². The van der Waals surface area contributed by atoms with Gasteiger partial charge < -0.3 is 9.64 Å². The van der Waals surface area contributed by atoms with Crippen LogP contribution in [0.1, 0.15) is 18.9 Å². The number of benzene rings is 1. The highest BCUT2D eigenvalue weighted by Crippen LogP contribution is 2.37. The summed E-state index contributed by atoms with van der Waals surface area (Å²) in [5.41, 5.74) is 1.84. The Bertz CT molecular complexity index is 771. The fourth-order valence-electron chi connectivity index (χ4n) is 2.54. The normalized spacial score (nSPS) is 17.2. The van der Waals surface area contributed by atoms with Crippen molar-refractivity contribution >= 4 is 46.7 Å². The second-order valence-electron chi connectivity index (χ2n) is 5.73. The molecule has 130 valence electrons. The molecule has 0 N–H and O–H groups in total. The first-order valence-corrected chi connectivity index (χ1v) is 9.89. The fourth-order valence-corrected chi connectivity index (χ4v) is 4.28. The predicted molar refractivity (Wildman–Crippen MR) is 103 cm³/mol. The Hall–Kier alpha value is -2.05. The van der Waals surface area contributed by atoms with Crippen molar-refractivity contribution in [2.45, 2.75) is 23.5 Å². The van der Waals surface area contributed by atoms with Gasteiger partial charge in [0.2, 0.25) is 0 Å². The molecule has 0 unspecified atom stereocenters. The molecular weight excluding hydrogens is 354 g/mol. The van der Waals surface area contributed by atoms with Crippen LogP contribution in [-0.4, -0.2) is 30.3 Å². The molecule has 0 saturated carbocycles.